The van der Waals surface area contributed by atoms with Crippen molar-refractivity contribution in [2.75, 3.05) is 13.2 Å². The van der Waals surface area contributed by atoms with Crippen LogP contribution >= 0.6 is 0 Å². The van der Waals surface area contributed by atoms with Crippen molar-refractivity contribution < 1.29 is 18.7 Å². The van der Waals surface area contributed by atoms with Crippen LogP contribution in [0.15, 0.2) is 89.3 Å². The highest BCUT2D eigenvalue weighted by atomic mass is 16.6. The summed E-state index contributed by atoms with van der Waals surface area (Å²) in [6, 6.07) is 28.6. The van der Waals surface area contributed by atoms with E-state index in [0.29, 0.717) is 18.3 Å². The summed E-state index contributed by atoms with van der Waals surface area (Å²) in [5.41, 5.74) is 4.20. The molecule has 190 valence electrons. The number of oxazole rings is 1. The van der Waals surface area contributed by atoms with Crippen LogP contribution in [-0.4, -0.2) is 24.2 Å². The monoisotopic (exact) mass is 495 g/mol. The molecule has 1 saturated carbocycles. The second kappa shape index (κ2) is 11.9. The number of carbonyl (C=O) groups is 1. The van der Waals surface area contributed by atoms with Crippen molar-refractivity contribution in [1.82, 2.24) is 4.98 Å². The number of benzene rings is 3. The molecule has 1 heterocycles. The molecule has 0 N–H and O–H groups in total. The topological polar surface area (TPSA) is 61.6 Å². The van der Waals surface area contributed by atoms with Gasteiger partial charge in [-0.05, 0) is 49.8 Å². The highest BCUT2D eigenvalue weighted by Gasteiger charge is 2.32. The molecule has 0 spiro atoms. The number of hydrogen-bond acceptors (Lipinski definition) is 5. The Morgan fingerprint density at radius 1 is 0.919 bits per heavy atom. The zero-order valence-electron chi connectivity index (χ0n) is 21.3. The number of esters is 1. The van der Waals surface area contributed by atoms with Crippen LogP contribution in [-0.2, 0) is 16.0 Å². The quantitative estimate of drug-likeness (QED) is 0.225. The van der Waals surface area contributed by atoms with E-state index in [1.54, 1.807) is 6.92 Å². The third-order valence-electron chi connectivity index (χ3n) is 7.01. The number of nitrogens with zero attached hydrogens (tertiary/aromatic N) is 1. The lowest BCUT2D eigenvalue weighted by Gasteiger charge is -2.29. The van der Waals surface area contributed by atoms with Gasteiger partial charge < -0.3 is 13.9 Å². The minimum Gasteiger partial charge on any atom is -0.482 e. The molecule has 4 aromatic rings. The molecule has 0 unspecified atom stereocenters. The molecule has 37 heavy (non-hydrogen) atoms. The van der Waals surface area contributed by atoms with Crippen LogP contribution in [0.1, 0.15) is 50.0 Å². The van der Waals surface area contributed by atoms with Crippen molar-refractivity contribution in [1.29, 1.82) is 0 Å². The number of hydrogen-bond donors (Lipinski definition) is 0. The minimum absolute atomic E-state index is 0.0792. The van der Waals surface area contributed by atoms with E-state index >= 15 is 0 Å². The lowest BCUT2D eigenvalue weighted by Crippen LogP contribution is -2.20. The lowest BCUT2D eigenvalue weighted by molar-refractivity contribution is -0.145. The first kappa shape index (κ1) is 24.8. The van der Waals surface area contributed by atoms with E-state index in [0.717, 1.165) is 47.7 Å². The predicted octanol–water partition coefficient (Wildman–Crippen LogP) is 7.47. The molecule has 1 aliphatic rings. The molecule has 5 nitrogen and oxygen atoms in total. The van der Waals surface area contributed by atoms with E-state index in [1.807, 2.05) is 54.6 Å². The first-order chi connectivity index (χ1) is 18.2. The third kappa shape index (κ3) is 6.11. The smallest absolute Gasteiger partial charge is 0.344 e. The molecular formula is C32H33NO4. The van der Waals surface area contributed by atoms with Gasteiger partial charge in [0.15, 0.2) is 18.3 Å². The first-order valence-corrected chi connectivity index (χ1v) is 13.2. The van der Waals surface area contributed by atoms with Crippen molar-refractivity contribution >= 4 is 5.97 Å². The van der Waals surface area contributed by atoms with Gasteiger partial charge >= 0.3 is 5.97 Å². The van der Waals surface area contributed by atoms with Crippen LogP contribution in [0.25, 0.3) is 22.6 Å². The molecule has 1 aliphatic carbocycles. The zero-order valence-corrected chi connectivity index (χ0v) is 21.3. The van der Waals surface area contributed by atoms with Gasteiger partial charge in [0, 0.05) is 17.0 Å². The molecule has 0 bridgehead atoms. The van der Waals surface area contributed by atoms with E-state index in [1.165, 1.54) is 18.4 Å². The summed E-state index contributed by atoms with van der Waals surface area (Å²) >= 11 is 0. The highest BCUT2D eigenvalue weighted by molar-refractivity contribution is 5.76. The molecule has 0 saturated heterocycles. The Morgan fingerprint density at radius 3 is 2.41 bits per heavy atom. The van der Waals surface area contributed by atoms with E-state index in [4.69, 9.17) is 18.9 Å². The van der Waals surface area contributed by atoms with Crippen LogP contribution in [0, 0.1) is 5.92 Å². The van der Waals surface area contributed by atoms with E-state index in [2.05, 4.69) is 30.3 Å². The largest absolute Gasteiger partial charge is 0.482 e. The molecule has 2 atom stereocenters. The van der Waals surface area contributed by atoms with Crippen LogP contribution in [0.5, 0.6) is 5.75 Å². The van der Waals surface area contributed by atoms with Crippen molar-refractivity contribution in [2.45, 2.75) is 44.9 Å². The Hall–Kier alpha value is -3.86. The second-order valence-corrected chi connectivity index (χ2v) is 9.56. The average Bonchev–Trinajstić information content (AvgIpc) is 3.39. The normalized spacial score (nSPS) is 17.3. The first-order valence-electron chi connectivity index (χ1n) is 13.2. The lowest BCUT2D eigenvalue weighted by atomic mass is 9.76. The van der Waals surface area contributed by atoms with Gasteiger partial charge in [-0.1, -0.05) is 85.6 Å². The summed E-state index contributed by atoms with van der Waals surface area (Å²) in [5, 5.41) is 0. The fraction of sp³-hybridized carbons (Fsp3) is 0.312. The minimum atomic E-state index is -0.354. The van der Waals surface area contributed by atoms with Crippen molar-refractivity contribution in [3.63, 3.8) is 0 Å². The highest BCUT2D eigenvalue weighted by Crippen LogP contribution is 2.43. The van der Waals surface area contributed by atoms with Gasteiger partial charge in [-0.15, -0.1) is 0 Å². The number of rotatable bonds is 9. The fourth-order valence-electron chi connectivity index (χ4n) is 5.26. The molecule has 0 amide bonds. The maximum absolute atomic E-state index is 11.7. The van der Waals surface area contributed by atoms with Crippen LogP contribution in [0.3, 0.4) is 0 Å². The summed E-state index contributed by atoms with van der Waals surface area (Å²) in [6.45, 7) is 2.06. The zero-order chi connectivity index (χ0) is 25.5. The Morgan fingerprint density at radius 2 is 1.65 bits per heavy atom. The molecule has 0 aliphatic heterocycles. The van der Waals surface area contributed by atoms with Crippen molar-refractivity contribution in [2.24, 2.45) is 5.92 Å². The van der Waals surface area contributed by atoms with Gasteiger partial charge in [0.2, 0.25) is 0 Å². The van der Waals surface area contributed by atoms with Gasteiger partial charge in [0.1, 0.15) is 11.4 Å². The molecule has 3 aromatic carbocycles. The van der Waals surface area contributed by atoms with E-state index in [-0.39, 0.29) is 18.5 Å². The fourth-order valence-corrected chi connectivity index (χ4v) is 5.26. The number of ether oxygens (including phenoxy) is 2. The summed E-state index contributed by atoms with van der Waals surface area (Å²) in [7, 11) is 0. The maximum atomic E-state index is 11.7. The summed E-state index contributed by atoms with van der Waals surface area (Å²) in [6.07, 6.45) is 5.48. The molecule has 0 radical (unpaired) electrons. The van der Waals surface area contributed by atoms with Gasteiger partial charge in [0.05, 0.1) is 6.61 Å². The van der Waals surface area contributed by atoms with Crippen LogP contribution < -0.4 is 4.74 Å². The molecule has 1 aromatic heterocycles. The maximum Gasteiger partial charge on any atom is 0.344 e. The Bertz CT molecular complexity index is 1240. The van der Waals surface area contributed by atoms with Gasteiger partial charge in [0.25, 0.3) is 0 Å². The Labute approximate surface area is 218 Å². The summed E-state index contributed by atoms with van der Waals surface area (Å²) in [4.78, 5) is 16.8. The number of carbonyl (C=O) groups excluding carboxylic acids is 1. The SMILES string of the molecule is CCOC(=O)COc1cccc(C[C@@H]2CCCC[C@H]2c2nc(-c3ccccc3)c(-c3ccccc3)o2)c1. The second-order valence-electron chi connectivity index (χ2n) is 9.56. The summed E-state index contributed by atoms with van der Waals surface area (Å²) < 4.78 is 17.2. The Balaban J connectivity index is 1.40. The van der Waals surface area contributed by atoms with Crippen LogP contribution in [0.4, 0.5) is 0 Å². The Kier molecular flexibility index (Phi) is 7.99. The van der Waals surface area contributed by atoms with Gasteiger partial charge in [-0.2, -0.15) is 0 Å². The van der Waals surface area contributed by atoms with Gasteiger partial charge in [-0.3, -0.25) is 0 Å². The summed E-state index contributed by atoms with van der Waals surface area (Å²) in [5.74, 6) is 2.66. The number of aromatic nitrogens is 1. The standard InChI is InChI=1S/C32H33NO4/c1-2-35-29(34)22-36-27-18-11-12-23(21-27)20-26-17-9-10-19-28(26)32-33-30(24-13-5-3-6-14-24)31(37-32)25-15-7-4-8-16-25/h3-8,11-16,18,21,26,28H,2,9-10,17,19-20,22H2,1H3/t26-,28+/m0/s1. The molecule has 5 rings (SSSR count). The van der Waals surface area contributed by atoms with Gasteiger partial charge in [-0.25, -0.2) is 9.78 Å². The molecule has 5 heteroatoms. The molecular weight excluding hydrogens is 462 g/mol. The van der Waals surface area contributed by atoms with Crippen molar-refractivity contribution in [3.8, 4) is 28.3 Å². The molecule has 1 fully saturated rings. The van der Waals surface area contributed by atoms with E-state index in [9.17, 15) is 4.79 Å². The van der Waals surface area contributed by atoms with E-state index < -0.39 is 0 Å². The predicted molar refractivity (Wildman–Crippen MR) is 144 cm³/mol. The van der Waals surface area contributed by atoms with Crippen molar-refractivity contribution in [3.05, 3.63) is 96.4 Å². The average molecular weight is 496 g/mol. The third-order valence-corrected chi connectivity index (χ3v) is 7.01. The van der Waals surface area contributed by atoms with Crippen LogP contribution in [0.2, 0.25) is 0 Å².